The Hall–Kier alpha value is -3.37. The van der Waals surface area contributed by atoms with Gasteiger partial charge in [-0.15, -0.1) is 0 Å². The van der Waals surface area contributed by atoms with Gasteiger partial charge >= 0.3 is 11.7 Å². The molecule has 3 aliphatic heterocycles. The van der Waals surface area contributed by atoms with Crippen LogP contribution in [0.1, 0.15) is 30.5 Å². The number of aromatic nitrogens is 1. The highest BCUT2D eigenvalue weighted by Crippen LogP contribution is 2.45. The van der Waals surface area contributed by atoms with E-state index in [1.54, 1.807) is 0 Å². The molecule has 1 saturated heterocycles. The molecule has 2 atom stereocenters. The molecule has 0 spiro atoms. The number of sulfone groups is 1. The molecular weight excluding hydrogens is 580 g/mol. The summed E-state index contributed by atoms with van der Waals surface area (Å²) in [4.78, 5) is 7.72. The smallest absolute Gasteiger partial charge is 0.459 e. The van der Waals surface area contributed by atoms with E-state index in [2.05, 4.69) is 25.9 Å². The number of hydrogen-bond acceptors (Lipinski definition) is 9. The summed E-state index contributed by atoms with van der Waals surface area (Å²) in [6, 6.07) is 5.45. The molecule has 0 radical (unpaired) electrons. The third-order valence-electron chi connectivity index (χ3n) is 6.85. The van der Waals surface area contributed by atoms with Crippen molar-refractivity contribution in [2.75, 3.05) is 31.6 Å². The Bertz CT molecular complexity index is 1450. The number of nitrogens with zero attached hydrogens (tertiary/aromatic N) is 2. The van der Waals surface area contributed by atoms with Crippen LogP contribution >= 0.6 is 0 Å². The fourth-order valence-corrected chi connectivity index (χ4v) is 5.69. The van der Waals surface area contributed by atoms with Gasteiger partial charge in [0, 0.05) is 42.5 Å². The minimum absolute atomic E-state index is 0.00292. The molecule has 41 heavy (non-hydrogen) atoms. The van der Waals surface area contributed by atoms with Crippen molar-refractivity contribution in [1.82, 2.24) is 15.6 Å². The number of aliphatic imine (C=N–C) groups is 1. The summed E-state index contributed by atoms with van der Waals surface area (Å²) in [5, 5.41) is 9.25. The van der Waals surface area contributed by atoms with Crippen LogP contribution in [-0.2, 0) is 31.2 Å². The van der Waals surface area contributed by atoms with Crippen LogP contribution in [0.5, 0.6) is 0 Å². The maximum Gasteiger partial charge on any atom is 0.501 e. The molecule has 0 amide bonds. The number of benzene rings is 1. The molecule has 1 aromatic carbocycles. The highest BCUT2D eigenvalue weighted by molar-refractivity contribution is 7.92. The second-order valence-corrected chi connectivity index (χ2v) is 11.5. The Morgan fingerprint density at radius 1 is 1.05 bits per heavy atom. The van der Waals surface area contributed by atoms with Crippen molar-refractivity contribution in [3.05, 3.63) is 65.1 Å². The molecule has 5 rings (SSSR count). The van der Waals surface area contributed by atoms with Gasteiger partial charge in [-0.3, -0.25) is 4.98 Å². The van der Waals surface area contributed by atoms with Crippen molar-refractivity contribution < 1.29 is 44.2 Å². The third kappa shape index (κ3) is 5.72. The molecule has 222 valence electrons. The molecule has 3 aliphatic rings. The number of nitrogens with one attached hydrogen (secondary N) is 3. The Labute approximate surface area is 231 Å². The summed E-state index contributed by atoms with van der Waals surface area (Å²) in [6.45, 7) is 1.58. The van der Waals surface area contributed by atoms with Crippen LogP contribution in [0.25, 0.3) is 0 Å². The van der Waals surface area contributed by atoms with Gasteiger partial charge in [-0.1, -0.05) is 0 Å². The first kappa shape index (κ1) is 29.1. The lowest BCUT2D eigenvalue weighted by atomic mass is 9.86. The third-order valence-corrected chi connectivity index (χ3v) is 8.35. The van der Waals surface area contributed by atoms with Crippen LogP contribution in [0, 0.1) is 0 Å². The predicted octanol–water partition coefficient (Wildman–Crippen LogP) is 4.06. The van der Waals surface area contributed by atoms with Crippen molar-refractivity contribution in [2.45, 2.75) is 47.6 Å². The highest BCUT2D eigenvalue weighted by Gasteiger charge is 2.50. The second-order valence-electron chi connectivity index (χ2n) is 9.56. The maximum atomic E-state index is 14.4. The van der Waals surface area contributed by atoms with Gasteiger partial charge in [-0.25, -0.2) is 8.42 Å². The molecular formula is C25H25F6N5O4S. The van der Waals surface area contributed by atoms with Crippen molar-refractivity contribution in [3.8, 4) is 0 Å². The Morgan fingerprint density at radius 3 is 2.44 bits per heavy atom. The van der Waals surface area contributed by atoms with Crippen LogP contribution in [0.3, 0.4) is 0 Å². The van der Waals surface area contributed by atoms with E-state index < -0.39 is 49.4 Å². The van der Waals surface area contributed by atoms with E-state index in [0.717, 1.165) is 36.4 Å². The van der Waals surface area contributed by atoms with Crippen molar-refractivity contribution in [3.63, 3.8) is 0 Å². The zero-order valence-corrected chi connectivity index (χ0v) is 22.1. The van der Waals surface area contributed by atoms with Crippen LogP contribution in [0.15, 0.2) is 63.8 Å². The number of rotatable bonds is 5. The Kier molecular flexibility index (Phi) is 7.67. The van der Waals surface area contributed by atoms with E-state index in [1.165, 1.54) is 6.20 Å². The monoisotopic (exact) mass is 605 g/mol. The van der Waals surface area contributed by atoms with Crippen LogP contribution in [0.4, 0.5) is 32.0 Å². The standard InChI is InChI=1S/C25H25F6N5O4S/c26-24(27,28)19-2-1-10-33-21(19)23(35-15-3-5-17(6-4-15)41(37,38)25(29,30)31)18-7-11-32-12-8-20(18)34-22(36-23)40-16-9-13-39-14-16/h1-6,10,16,32,35H,7-9,11-14H2,(H,34,36). The van der Waals surface area contributed by atoms with Gasteiger partial charge in [0.05, 0.1) is 23.7 Å². The molecule has 0 saturated carbocycles. The second kappa shape index (κ2) is 10.8. The number of amidine groups is 1. The van der Waals surface area contributed by atoms with Gasteiger partial charge in [0.25, 0.3) is 15.9 Å². The normalized spacial score (nSPS) is 23.8. The number of halogens is 6. The van der Waals surface area contributed by atoms with Gasteiger partial charge < -0.3 is 25.4 Å². The van der Waals surface area contributed by atoms with Crippen molar-refractivity contribution >= 4 is 21.5 Å². The minimum atomic E-state index is -5.64. The average molecular weight is 606 g/mol. The van der Waals surface area contributed by atoms with E-state index in [9.17, 15) is 34.8 Å². The van der Waals surface area contributed by atoms with Gasteiger partial charge in [0.2, 0.25) is 5.66 Å². The number of anilines is 1. The van der Waals surface area contributed by atoms with Crippen LogP contribution in [-0.4, -0.2) is 57.3 Å². The largest absolute Gasteiger partial charge is 0.501 e. The zero-order chi connectivity index (χ0) is 29.5. The first-order valence-electron chi connectivity index (χ1n) is 12.6. The first-order valence-corrected chi connectivity index (χ1v) is 14.1. The SMILES string of the molecule is O=S(=O)(c1ccc(NC2(c3ncccc3C(F)(F)F)N=C(OC3CCOC3)NC3=C2CCNCC3)cc1)C(F)(F)F. The van der Waals surface area contributed by atoms with Crippen LogP contribution < -0.4 is 16.0 Å². The molecule has 2 unspecified atom stereocenters. The van der Waals surface area contributed by atoms with Crippen LogP contribution in [0.2, 0.25) is 0 Å². The first-order chi connectivity index (χ1) is 19.3. The minimum Gasteiger partial charge on any atom is -0.459 e. The van der Waals surface area contributed by atoms with E-state index in [1.807, 2.05) is 0 Å². The van der Waals surface area contributed by atoms with E-state index >= 15 is 0 Å². The van der Waals surface area contributed by atoms with Crippen molar-refractivity contribution in [1.29, 1.82) is 0 Å². The number of pyridine rings is 1. The summed E-state index contributed by atoms with van der Waals surface area (Å²) in [6.07, 6.45) is -2.94. The highest BCUT2D eigenvalue weighted by atomic mass is 32.2. The molecule has 4 heterocycles. The number of alkyl halides is 6. The fourth-order valence-electron chi connectivity index (χ4n) is 4.93. The lowest BCUT2D eigenvalue weighted by Gasteiger charge is -2.40. The number of ether oxygens (including phenoxy) is 2. The predicted molar refractivity (Wildman–Crippen MR) is 134 cm³/mol. The number of hydrogen-bond donors (Lipinski definition) is 3. The Morgan fingerprint density at radius 2 is 1.78 bits per heavy atom. The van der Waals surface area contributed by atoms with Gasteiger partial charge in [0.15, 0.2) is 0 Å². The molecule has 9 nitrogen and oxygen atoms in total. The lowest BCUT2D eigenvalue weighted by molar-refractivity contribution is -0.139. The molecule has 2 aromatic rings. The summed E-state index contributed by atoms with van der Waals surface area (Å²) in [7, 11) is -5.64. The van der Waals surface area contributed by atoms with E-state index in [0.29, 0.717) is 43.8 Å². The lowest BCUT2D eigenvalue weighted by Crippen LogP contribution is -2.47. The summed E-state index contributed by atoms with van der Waals surface area (Å²) in [5.41, 5.74) is -8.17. The molecule has 16 heteroatoms. The van der Waals surface area contributed by atoms with E-state index in [-0.39, 0.29) is 24.7 Å². The maximum absolute atomic E-state index is 14.4. The molecule has 1 aromatic heterocycles. The zero-order valence-electron chi connectivity index (χ0n) is 21.3. The summed E-state index contributed by atoms with van der Waals surface area (Å²) >= 11 is 0. The van der Waals surface area contributed by atoms with Gasteiger partial charge in [-0.2, -0.15) is 31.3 Å². The van der Waals surface area contributed by atoms with Gasteiger partial charge in [0.1, 0.15) is 11.8 Å². The summed E-state index contributed by atoms with van der Waals surface area (Å²) in [5.74, 6) is 0. The van der Waals surface area contributed by atoms with Gasteiger partial charge in [-0.05, 0) is 49.4 Å². The molecule has 0 aliphatic carbocycles. The molecule has 0 bridgehead atoms. The van der Waals surface area contributed by atoms with E-state index in [4.69, 9.17) is 9.47 Å². The average Bonchev–Trinajstić information content (AvgIpc) is 3.30. The topological polar surface area (TPSA) is 114 Å². The summed E-state index contributed by atoms with van der Waals surface area (Å²) < 4.78 is 117. The fraction of sp³-hybridized carbons (Fsp3) is 0.440. The quantitative estimate of drug-likeness (QED) is 0.438. The Balaban J connectivity index is 1.68. The molecule has 1 fully saturated rings. The van der Waals surface area contributed by atoms with Crippen molar-refractivity contribution in [2.24, 2.45) is 4.99 Å². The molecule has 3 N–H and O–H groups in total.